The predicted octanol–water partition coefficient (Wildman–Crippen LogP) is -10.5. The highest BCUT2D eigenvalue weighted by molar-refractivity contribution is 4.97. The van der Waals surface area contributed by atoms with E-state index in [1.165, 1.54) is 0 Å². The number of hydrogen-bond acceptors (Lipinski definition) is 26. The van der Waals surface area contributed by atoms with Crippen LogP contribution in [0, 0.1) is 0 Å². The molecule has 26 nitrogen and oxygen atoms in total. The van der Waals surface area contributed by atoms with E-state index in [0.29, 0.717) is 6.42 Å². The molecule has 5 rings (SSSR count). The van der Waals surface area contributed by atoms with Crippen LogP contribution in [0.1, 0.15) is 13.3 Å². The fraction of sp³-hybridized carbons (Fsp3) is 1.00. The van der Waals surface area contributed by atoms with Crippen LogP contribution in [0.3, 0.4) is 0 Å². The lowest BCUT2D eigenvalue weighted by Gasteiger charge is -2.47. The normalized spacial score (nSPS) is 51.1. The zero-order chi connectivity index (χ0) is 43.5. The molecule has 0 saturated carbocycles. The van der Waals surface area contributed by atoms with Gasteiger partial charge in [0.2, 0.25) is 0 Å². The summed E-state index contributed by atoms with van der Waals surface area (Å²) in [6.45, 7) is -2.14. The first kappa shape index (κ1) is 49.0. The van der Waals surface area contributed by atoms with Gasteiger partial charge in [0.15, 0.2) is 31.5 Å². The number of aliphatic hydroxyl groups is 16. The molecular formula is C33H58O26. The molecule has 0 amide bonds. The third kappa shape index (κ3) is 10.7. The highest BCUT2D eigenvalue weighted by Crippen LogP contribution is 2.33. The van der Waals surface area contributed by atoms with E-state index in [1.54, 1.807) is 6.92 Å². The summed E-state index contributed by atoms with van der Waals surface area (Å²) in [4.78, 5) is 0. The average molecular weight is 871 g/mol. The predicted molar refractivity (Wildman–Crippen MR) is 181 cm³/mol. The molecule has 0 aromatic rings. The van der Waals surface area contributed by atoms with Crippen LogP contribution in [0.4, 0.5) is 0 Å². The molecule has 5 aliphatic rings. The minimum atomic E-state index is -1.98. The van der Waals surface area contributed by atoms with Crippen LogP contribution >= 0.6 is 0 Å². The van der Waals surface area contributed by atoms with Crippen molar-refractivity contribution < 1.29 is 129 Å². The number of hydrogen-bond donors (Lipinski definition) is 16. The van der Waals surface area contributed by atoms with Crippen molar-refractivity contribution in [2.24, 2.45) is 0 Å². The first-order valence-corrected chi connectivity index (χ1v) is 19.1. The third-order valence-corrected chi connectivity index (χ3v) is 10.8. The van der Waals surface area contributed by atoms with Gasteiger partial charge in [-0.15, -0.1) is 0 Å². The van der Waals surface area contributed by atoms with E-state index in [4.69, 9.17) is 47.4 Å². The standard InChI is InChI=1S/C33H58O26/c1-2-3-50-30-26(49)27(58-31-24(47)19(42)14(37)9(4-34)53-31)18(41)13(57-30)8-51-29-23(46)21(44)17(40)12(56-29)7-52-33-28(22(45)16(39)11(6-36)55-33)59-32-25(48)20(43)15(38)10(5-35)54-32/h9-49H,2-8H2,1H3/t9?,10?,11?,12?,13?,14?,15?,16?,17-,18?,19?,20?,21?,22?,23?,24?,25?,26?,27?,28?,29?,30?,31?,32?,33?/m0/s1. The summed E-state index contributed by atoms with van der Waals surface area (Å²) in [6.07, 6.45) is -43.4. The Morgan fingerprint density at radius 2 is 0.695 bits per heavy atom. The molecule has 5 fully saturated rings. The van der Waals surface area contributed by atoms with Crippen molar-refractivity contribution in [3.63, 3.8) is 0 Å². The Kier molecular flexibility index (Phi) is 17.9. The highest BCUT2D eigenvalue weighted by atomic mass is 16.8. The minimum absolute atomic E-state index is 0.0442. The summed E-state index contributed by atoms with van der Waals surface area (Å²) in [5.41, 5.74) is 0. The van der Waals surface area contributed by atoms with E-state index in [1.807, 2.05) is 0 Å². The van der Waals surface area contributed by atoms with Gasteiger partial charge in [-0.1, -0.05) is 6.92 Å². The van der Waals surface area contributed by atoms with Crippen LogP contribution < -0.4 is 0 Å². The molecular weight excluding hydrogens is 812 g/mol. The average Bonchev–Trinajstić information content (AvgIpc) is 3.23. The zero-order valence-electron chi connectivity index (χ0n) is 31.6. The van der Waals surface area contributed by atoms with Crippen molar-refractivity contribution in [3.05, 3.63) is 0 Å². The molecule has 24 unspecified atom stereocenters. The van der Waals surface area contributed by atoms with E-state index in [2.05, 4.69) is 0 Å². The summed E-state index contributed by atoms with van der Waals surface area (Å²) in [7, 11) is 0. The lowest BCUT2D eigenvalue weighted by Crippen LogP contribution is -2.65. The molecule has 26 heteroatoms. The molecule has 346 valence electrons. The number of aliphatic hydroxyl groups excluding tert-OH is 16. The second kappa shape index (κ2) is 21.6. The monoisotopic (exact) mass is 870 g/mol. The van der Waals surface area contributed by atoms with Crippen molar-refractivity contribution >= 4 is 0 Å². The number of ether oxygens (including phenoxy) is 10. The molecule has 0 aromatic carbocycles. The molecule has 59 heavy (non-hydrogen) atoms. The summed E-state index contributed by atoms with van der Waals surface area (Å²) in [6, 6.07) is 0. The van der Waals surface area contributed by atoms with Gasteiger partial charge >= 0.3 is 0 Å². The molecule has 5 heterocycles. The maximum Gasteiger partial charge on any atom is 0.187 e. The maximum atomic E-state index is 11.3. The van der Waals surface area contributed by atoms with Gasteiger partial charge in [0.1, 0.15) is 122 Å². The number of rotatable bonds is 16. The fourth-order valence-corrected chi connectivity index (χ4v) is 7.15. The van der Waals surface area contributed by atoms with Gasteiger partial charge in [-0.3, -0.25) is 0 Å². The Morgan fingerprint density at radius 1 is 0.339 bits per heavy atom. The Bertz CT molecular complexity index is 1250. The van der Waals surface area contributed by atoms with Crippen LogP contribution in [0.5, 0.6) is 0 Å². The summed E-state index contributed by atoms with van der Waals surface area (Å²) in [5.74, 6) is 0. The third-order valence-electron chi connectivity index (χ3n) is 10.8. The van der Waals surface area contributed by atoms with Crippen molar-refractivity contribution in [2.75, 3.05) is 39.6 Å². The van der Waals surface area contributed by atoms with Crippen molar-refractivity contribution in [1.82, 2.24) is 0 Å². The maximum absolute atomic E-state index is 11.3. The van der Waals surface area contributed by atoms with Gasteiger partial charge < -0.3 is 129 Å². The highest BCUT2D eigenvalue weighted by Gasteiger charge is 2.54. The molecule has 5 saturated heterocycles. The summed E-state index contributed by atoms with van der Waals surface area (Å²) < 4.78 is 55.8. The molecule has 0 aliphatic carbocycles. The largest absolute Gasteiger partial charge is 0.394 e. The quantitative estimate of drug-likeness (QED) is 0.0685. The fourth-order valence-electron chi connectivity index (χ4n) is 7.15. The minimum Gasteiger partial charge on any atom is -0.394 e. The SMILES string of the molecule is CCCOC1OC(COC2OC(COC3OC(CO)C(O)C(O)C3OC3OC(CO)C(O)C(O)C3O)[C@H](O)C(O)C2O)C(O)C(OC2OC(CO)C(O)C(O)C2O)C1O. The molecule has 0 spiro atoms. The van der Waals surface area contributed by atoms with E-state index in [0.717, 1.165) is 0 Å². The van der Waals surface area contributed by atoms with E-state index >= 15 is 0 Å². The summed E-state index contributed by atoms with van der Waals surface area (Å²) in [5, 5.41) is 167. The first-order valence-electron chi connectivity index (χ1n) is 19.1. The van der Waals surface area contributed by atoms with Gasteiger partial charge in [0.05, 0.1) is 33.0 Å². The molecule has 16 N–H and O–H groups in total. The Balaban J connectivity index is 1.26. The molecule has 0 radical (unpaired) electrons. The van der Waals surface area contributed by atoms with Crippen LogP contribution in [0.15, 0.2) is 0 Å². The molecule has 0 bridgehead atoms. The topological polar surface area (TPSA) is 416 Å². The second-order valence-electron chi connectivity index (χ2n) is 14.9. The van der Waals surface area contributed by atoms with Crippen LogP contribution in [0.2, 0.25) is 0 Å². The molecule has 0 aromatic heterocycles. The van der Waals surface area contributed by atoms with Gasteiger partial charge in [-0.2, -0.15) is 0 Å². The first-order chi connectivity index (χ1) is 28.0. The summed E-state index contributed by atoms with van der Waals surface area (Å²) >= 11 is 0. The Morgan fingerprint density at radius 3 is 1.17 bits per heavy atom. The van der Waals surface area contributed by atoms with Gasteiger partial charge in [-0.05, 0) is 6.42 Å². The lowest BCUT2D eigenvalue weighted by molar-refractivity contribution is -0.375. The molecule has 5 aliphatic heterocycles. The van der Waals surface area contributed by atoms with Gasteiger partial charge in [0, 0.05) is 6.61 Å². The zero-order valence-corrected chi connectivity index (χ0v) is 31.6. The van der Waals surface area contributed by atoms with Crippen LogP contribution in [-0.2, 0) is 47.4 Å². The van der Waals surface area contributed by atoms with Gasteiger partial charge in [0.25, 0.3) is 0 Å². The van der Waals surface area contributed by atoms with Crippen LogP contribution in [0.25, 0.3) is 0 Å². The smallest absolute Gasteiger partial charge is 0.187 e. The van der Waals surface area contributed by atoms with Crippen molar-refractivity contribution in [2.45, 2.75) is 167 Å². The van der Waals surface area contributed by atoms with E-state index in [-0.39, 0.29) is 6.61 Å². The van der Waals surface area contributed by atoms with Crippen LogP contribution in [-0.4, -0.2) is 275 Å². The molecule has 25 atom stereocenters. The van der Waals surface area contributed by atoms with E-state index in [9.17, 15) is 81.7 Å². The van der Waals surface area contributed by atoms with Gasteiger partial charge in [-0.25, -0.2) is 0 Å². The van der Waals surface area contributed by atoms with E-state index < -0.39 is 187 Å². The lowest BCUT2D eigenvalue weighted by atomic mass is 9.96. The Hall–Kier alpha value is -1.04. The van der Waals surface area contributed by atoms with Crippen molar-refractivity contribution in [1.29, 1.82) is 0 Å². The van der Waals surface area contributed by atoms with Crippen molar-refractivity contribution in [3.8, 4) is 0 Å². The Labute approximate surface area is 335 Å². The second-order valence-corrected chi connectivity index (χ2v) is 14.9.